The molecule has 7 nitrogen and oxygen atoms in total. The van der Waals surface area contributed by atoms with E-state index in [9.17, 15) is 4.79 Å². The molecule has 0 aliphatic rings. The first-order chi connectivity index (χ1) is 14.9. The number of nitrogens with one attached hydrogen (secondary N) is 1. The molecule has 0 aliphatic heterocycles. The summed E-state index contributed by atoms with van der Waals surface area (Å²) in [5.41, 5.74) is 2.33. The third-order valence-electron chi connectivity index (χ3n) is 4.43. The summed E-state index contributed by atoms with van der Waals surface area (Å²) in [6, 6.07) is 15.5. The Morgan fingerprint density at radius 3 is 2.55 bits per heavy atom. The molecule has 3 rings (SSSR count). The van der Waals surface area contributed by atoms with Gasteiger partial charge in [0, 0.05) is 17.7 Å². The lowest BCUT2D eigenvalue weighted by atomic mass is 10.1. The van der Waals surface area contributed by atoms with Gasteiger partial charge in [0.05, 0.1) is 19.4 Å². The highest BCUT2D eigenvalue weighted by Crippen LogP contribution is 2.27. The van der Waals surface area contributed by atoms with Crippen molar-refractivity contribution in [2.75, 3.05) is 19.0 Å². The van der Waals surface area contributed by atoms with Crippen molar-refractivity contribution in [3.63, 3.8) is 0 Å². The Labute approximate surface area is 183 Å². The zero-order valence-electron chi connectivity index (χ0n) is 18.8. The summed E-state index contributed by atoms with van der Waals surface area (Å²) in [5, 5.41) is 7.54. The number of rotatable bonds is 9. The van der Waals surface area contributed by atoms with Crippen molar-refractivity contribution in [1.29, 1.82) is 0 Å². The fourth-order valence-electron chi connectivity index (χ4n) is 3.02. The number of amides is 1. The van der Waals surface area contributed by atoms with Crippen molar-refractivity contribution in [2.24, 2.45) is 11.8 Å². The molecular formula is C24H30N4O3. The number of nitrogens with zero attached hydrogens (tertiary/aromatic N) is 3. The Morgan fingerprint density at radius 2 is 1.84 bits per heavy atom. The van der Waals surface area contributed by atoms with E-state index in [0.717, 1.165) is 17.0 Å². The van der Waals surface area contributed by atoms with Crippen LogP contribution < -0.4 is 14.8 Å². The number of hydrogen-bond donors (Lipinski definition) is 1. The predicted octanol–water partition coefficient (Wildman–Crippen LogP) is 4.96. The van der Waals surface area contributed by atoms with E-state index in [1.807, 2.05) is 62.4 Å². The van der Waals surface area contributed by atoms with Crippen LogP contribution in [0.1, 0.15) is 34.1 Å². The molecule has 0 saturated carbocycles. The summed E-state index contributed by atoms with van der Waals surface area (Å²) in [7, 11) is 1.63. The second-order valence-electron chi connectivity index (χ2n) is 8.26. The van der Waals surface area contributed by atoms with Gasteiger partial charge in [-0.15, -0.1) is 5.10 Å². The van der Waals surface area contributed by atoms with Gasteiger partial charge in [-0.05, 0) is 42.2 Å². The lowest BCUT2D eigenvalue weighted by Crippen LogP contribution is -2.14. The Bertz CT molecular complexity index is 1030. The lowest BCUT2D eigenvalue weighted by molar-refractivity contribution is -0.116. The van der Waals surface area contributed by atoms with Crippen LogP contribution in [0.4, 0.5) is 5.69 Å². The van der Waals surface area contributed by atoms with Gasteiger partial charge in [0.1, 0.15) is 5.75 Å². The molecule has 1 N–H and O–H groups in total. The third-order valence-corrected chi connectivity index (χ3v) is 4.43. The highest BCUT2D eigenvalue weighted by molar-refractivity contribution is 5.91. The van der Waals surface area contributed by atoms with E-state index >= 15 is 0 Å². The van der Waals surface area contributed by atoms with Crippen LogP contribution in [0.25, 0.3) is 17.1 Å². The van der Waals surface area contributed by atoms with Crippen LogP contribution in [0, 0.1) is 11.8 Å². The Morgan fingerprint density at radius 1 is 1.06 bits per heavy atom. The van der Waals surface area contributed by atoms with Gasteiger partial charge in [-0.25, -0.2) is 4.68 Å². The van der Waals surface area contributed by atoms with Crippen LogP contribution in [0.2, 0.25) is 0 Å². The predicted molar refractivity (Wildman–Crippen MR) is 122 cm³/mol. The minimum absolute atomic E-state index is 0.0142. The molecule has 0 bridgehead atoms. The molecule has 1 amide bonds. The normalized spacial score (nSPS) is 11.1. The smallest absolute Gasteiger partial charge is 0.336 e. The van der Waals surface area contributed by atoms with E-state index in [2.05, 4.69) is 29.2 Å². The van der Waals surface area contributed by atoms with Crippen LogP contribution in [-0.4, -0.2) is 34.4 Å². The molecule has 0 aliphatic carbocycles. The Balaban J connectivity index is 1.98. The molecule has 0 atom stereocenters. The highest BCUT2D eigenvalue weighted by Gasteiger charge is 2.16. The van der Waals surface area contributed by atoms with Gasteiger partial charge < -0.3 is 14.8 Å². The first kappa shape index (κ1) is 22.3. The molecule has 1 aromatic heterocycles. The van der Waals surface area contributed by atoms with Gasteiger partial charge in [0.2, 0.25) is 5.91 Å². The minimum Gasteiger partial charge on any atom is -0.497 e. The zero-order valence-corrected chi connectivity index (χ0v) is 18.8. The van der Waals surface area contributed by atoms with Crippen molar-refractivity contribution in [2.45, 2.75) is 34.1 Å². The van der Waals surface area contributed by atoms with Gasteiger partial charge in [0.25, 0.3) is 0 Å². The summed E-state index contributed by atoms with van der Waals surface area (Å²) in [6.07, 6.45) is 0.468. The van der Waals surface area contributed by atoms with Gasteiger partial charge >= 0.3 is 6.01 Å². The maximum Gasteiger partial charge on any atom is 0.336 e. The summed E-state index contributed by atoms with van der Waals surface area (Å²) < 4.78 is 12.9. The summed E-state index contributed by atoms with van der Waals surface area (Å²) in [6.45, 7) is 8.70. The largest absolute Gasteiger partial charge is 0.497 e. The summed E-state index contributed by atoms with van der Waals surface area (Å²) in [5.74, 6) is 1.99. The number of aromatic nitrogens is 3. The van der Waals surface area contributed by atoms with Gasteiger partial charge in [0.15, 0.2) is 5.82 Å². The molecule has 31 heavy (non-hydrogen) atoms. The van der Waals surface area contributed by atoms with E-state index in [4.69, 9.17) is 9.47 Å². The Kier molecular flexibility index (Phi) is 7.28. The zero-order chi connectivity index (χ0) is 22.4. The van der Waals surface area contributed by atoms with Crippen LogP contribution in [-0.2, 0) is 4.79 Å². The van der Waals surface area contributed by atoms with E-state index in [1.54, 1.807) is 11.8 Å². The van der Waals surface area contributed by atoms with Crippen molar-refractivity contribution in [1.82, 2.24) is 14.8 Å². The first-order valence-electron chi connectivity index (χ1n) is 10.5. The molecule has 7 heteroatoms. The molecule has 1 heterocycles. The van der Waals surface area contributed by atoms with E-state index in [0.29, 0.717) is 42.4 Å². The van der Waals surface area contributed by atoms with Crippen LogP contribution in [0.5, 0.6) is 11.8 Å². The van der Waals surface area contributed by atoms with E-state index < -0.39 is 0 Å². The van der Waals surface area contributed by atoms with Crippen LogP contribution in [0.15, 0.2) is 48.5 Å². The molecule has 0 saturated heterocycles. The average Bonchev–Trinajstić information content (AvgIpc) is 3.16. The number of carbonyl (C=O) groups excluding carboxylic acids is 1. The van der Waals surface area contributed by atoms with Crippen molar-refractivity contribution >= 4 is 11.6 Å². The van der Waals surface area contributed by atoms with Gasteiger partial charge in [-0.2, -0.15) is 4.98 Å². The van der Waals surface area contributed by atoms with Crippen molar-refractivity contribution in [3.8, 4) is 28.8 Å². The molecule has 0 radical (unpaired) electrons. The molecule has 0 spiro atoms. The fourth-order valence-corrected chi connectivity index (χ4v) is 3.02. The van der Waals surface area contributed by atoms with Crippen LogP contribution in [0.3, 0.4) is 0 Å². The van der Waals surface area contributed by atoms with Gasteiger partial charge in [-0.3, -0.25) is 4.79 Å². The second kappa shape index (κ2) is 10.1. The number of anilines is 1. The van der Waals surface area contributed by atoms with Crippen molar-refractivity contribution in [3.05, 3.63) is 48.5 Å². The first-order valence-corrected chi connectivity index (χ1v) is 10.5. The molecule has 0 unspecified atom stereocenters. The molecule has 164 valence electrons. The molecule has 2 aromatic carbocycles. The second-order valence-corrected chi connectivity index (χ2v) is 8.26. The standard InChI is InChI=1S/C24H30N4O3/c1-16(2)12-22(29)25-19-9-7-10-20(14-19)28-23(18-8-6-11-21(13-18)30-5)26-24(27-28)31-15-17(3)4/h6-11,13-14,16-17H,12,15H2,1-5H3,(H,25,29). The third kappa shape index (κ3) is 6.07. The maximum absolute atomic E-state index is 12.2. The van der Waals surface area contributed by atoms with E-state index in [1.165, 1.54) is 0 Å². The molecule has 3 aromatic rings. The van der Waals surface area contributed by atoms with E-state index in [-0.39, 0.29) is 5.91 Å². The lowest BCUT2D eigenvalue weighted by Gasteiger charge is -2.10. The monoisotopic (exact) mass is 422 g/mol. The number of ether oxygens (including phenoxy) is 2. The SMILES string of the molecule is COc1cccc(-c2nc(OCC(C)C)nn2-c2cccc(NC(=O)CC(C)C)c2)c1. The van der Waals surface area contributed by atoms with Gasteiger partial charge in [-0.1, -0.05) is 45.9 Å². The van der Waals surface area contributed by atoms with Crippen molar-refractivity contribution < 1.29 is 14.3 Å². The minimum atomic E-state index is -0.0142. The Hall–Kier alpha value is -3.35. The molecule has 0 fully saturated rings. The summed E-state index contributed by atoms with van der Waals surface area (Å²) in [4.78, 5) is 16.8. The topological polar surface area (TPSA) is 78.3 Å². The summed E-state index contributed by atoms with van der Waals surface area (Å²) >= 11 is 0. The number of methoxy groups -OCH3 is 1. The number of benzene rings is 2. The average molecular weight is 423 g/mol. The van der Waals surface area contributed by atoms with Crippen LogP contribution >= 0.6 is 0 Å². The molecular weight excluding hydrogens is 392 g/mol. The fraction of sp³-hybridized carbons (Fsp3) is 0.375. The quantitative estimate of drug-likeness (QED) is 0.527. The highest BCUT2D eigenvalue weighted by atomic mass is 16.5. The number of hydrogen-bond acceptors (Lipinski definition) is 5. The number of carbonyl (C=O) groups is 1. The maximum atomic E-state index is 12.2.